The van der Waals surface area contributed by atoms with Gasteiger partial charge in [0.2, 0.25) is 5.91 Å². The number of allylic oxidation sites excluding steroid dienone is 1. The first-order valence-corrected chi connectivity index (χ1v) is 12.0. The van der Waals surface area contributed by atoms with E-state index in [1.54, 1.807) is 24.5 Å². The first-order valence-electron chi connectivity index (χ1n) is 12.0. The monoisotopic (exact) mass is 485 g/mol. The highest BCUT2D eigenvalue weighted by atomic mass is 16.5. The highest BCUT2D eigenvalue weighted by Gasteiger charge is 2.14. The van der Waals surface area contributed by atoms with Crippen molar-refractivity contribution in [2.45, 2.75) is 13.8 Å². The van der Waals surface area contributed by atoms with Crippen molar-refractivity contribution in [1.29, 1.82) is 5.26 Å². The number of morpholine rings is 1. The fraction of sp³-hybridized carbons (Fsp3) is 0.333. The molecule has 1 amide bonds. The summed E-state index contributed by atoms with van der Waals surface area (Å²) in [6.45, 7) is 8.59. The van der Waals surface area contributed by atoms with Gasteiger partial charge >= 0.3 is 0 Å². The van der Waals surface area contributed by atoms with Crippen molar-refractivity contribution in [3.8, 4) is 17.2 Å². The molecule has 0 bridgehead atoms. The van der Waals surface area contributed by atoms with Crippen LogP contribution in [0.1, 0.15) is 25.0 Å². The average Bonchev–Trinajstić information content (AvgIpc) is 3.33. The molecule has 0 unspecified atom stereocenters. The second-order valence-corrected chi connectivity index (χ2v) is 8.95. The van der Waals surface area contributed by atoms with E-state index >= 15 is 0 Å². The SMILES string of the molecule is CC(C)C(=O)Nc1ccc(-c2c[nH]c3ncc(/C(C=NCCN4CCOCC4)=C/N)cc23)cc1C#N. The number of nitriles is 1. The van der Waals surface area contributed by atoms with Crippen LogP contribution < -0.4 is 11.1 Å². The summed E-state index contributed by atoms with van der Waals surface area (Å²) in [7, 11) is 0. The van der Waals surface area contributed by atoms with Gasteiger partial charge in [-0.05, 0) is 23.8 Å². The van der Waals surface area contributed by atoms with Crippen LogP contribution in [-0.2, 0) is 9.53 Å². The Morgan fingerprint density at radius 1 is 1.36 bits per heavy atom. The minimum absolute atomic E-state index is 0.132. The lowest BCUT2D eigenvalue weighted by atomic mass is 10.0. The molecule has 1 aliphatic rings. The molecule has 0 spiro atoms. The van der Waals surface area contributed by atoms with Crippen molar-refractivity contribution in [3.05, 3.63) is 54.0 Å². The first kappa shape index (κ1) is 25.1. The number of nitrogens with one attached hydrogen (secondary N) is 2. The van der Waals surface area contributed by atoms with Crippen molar-refractivity contribution < 1.29 is 9.53 Å². The van der Waals surface area contributed by atoms with Crippen molar-refractivity contribution in [1.82, 2.24) is 14.9 Å². The molecule has 1 aliphatic heterocycles. The number of aromatic amines is 1. The number of H-pyrrole nitrogens is 1. The van der Waals surface area contributed by atoms with Crippen LogP contribution in [0.3, 0.4) is 0 Å². The van der Waals surface area contributed by atoms with Gasteiger partial charge in [0.25, 0.3) is 0 Å². The van der Waals surface area contributed by atoms with E-state index in [9.17, 15) is 10.1 Å². The Kier molecular flexibility index (Phi) is 8.10. The molecule has 1 aromatic carbocycles. The number of hydrogen-bond donors (Lipinski definition) is 3. The first-order chi connectivity index (χ1) is 17.5. The van der Waals surface area contributed by atoms with E-state index in [1.807, 2.05) is 32.2 Å². The van der Waals surface area contributed by atoms with Crippen LogP contribution in [0.25, 0.3) is 27.7 Å². The maximum atomic E-state index is 12.1. The lowest BCUT2D eigenvalue weighted by Crippen LogP contribution is -2.37. The lowest BCUT2D eigenvalue weighted by molar-refractivity contribution is -0.118. The number of ether oxygens (including phenoxy) is 1. The van der Waals surface area contributed by atoms with E-state index in [2.05, 4.69) is 31.2 Å². The largest absolute Gasteiger partial charge is 0.404 e. The average molecular weight is 486 g/mol. The molecule has 4 rings (SSSR count). The molecule has 3 aromatic rings. The zero-order valence-corrected chi connectivity index (χ0v) is 20.6. The molecular formula is C27H31N7O2. The van der Waals surface area contributed by atoms with Gasteiger partial charge in [-0.25, -0.2) is 4.98 Å². The van der Waals surface area contributed by atoms with Crippen LogP contribution in [0.4, 0.5) is 5.69 Å². The molecule has 0 aliphatic carbocycles. The van der Waals surface area contributed by atoms with Crippen LogP contribution in [0, 0.1) is 17.2 Å². The molecule has 9 nitrogen and oxygen atoms in total. The number of carbonyl (C=O) groups excluding carboxylic acids is 1. The second-order valence-electron chi connectivity index (χ2n) is 8.95. The molecule has 36 heavy (non-hydrogen) atoms. The molecule has 4 N–H and O–H groups in total. The number of pyridine rings is 1. The minimum Gasteiger partial charge on any atom is -0.404 e. The van der Waals surface area contributed by atoms with Crippen LogP contribution in [0.5, 0.6) is 0 Å². The fourth-order valence-corrected chi connectivity index (χ4v) is 3.99. The number of nitrogens with zero attached hydrogens (tertiary/aromatic N) is 4. The highest BCUT2D eigenvalue weighted by Crippen LogP contribution is 2.32. The maximum absolute atomic E-state index is 12.1. The Hall–Kier alpha value is -4.00. The molecule has 0 saturated carbocycles. The third-order valence-corrected chi connectivity index (χ3v) is 6.16. The van der Waals surface area contributed by atoms with Crippen molar-refractivity contribution >= 4 is 34.4 Å². The Morgan fingerprint density at radius 2 is 2.17 bits per heavy atom. The third kappa shape index (κ3) is 5.79. The normalized spacial score (nSPS) is 15.0. The second kappa shape index (κ2) is 11.6. The molecule has 1 saturated heterocycles. The molecule has 0 radical (unpaired) electrons. The van der Waals surface area contributed by atoms with Gasteiger partial charge < -0.3 is 20.8 Å². The summed E-state index contributed by atoms with van der Waals surface area (Å²) in [6.07, 6.45) is 6.95. The van der Waals surface area contributed by atoms with E-state index in [1.165, 1.54) is 6.20 Å². The van der Waals surface area contributed by atoms with Gasteiger partial charge in [0.1, 0.15) is 11.7 Å². The van der Waals surface area contributed by atoms with Crippen LogP contribution >= 0.6 is 0 Å². The number of rotatable bonds is 8. The highest BCUT2D eigenvalue weighted by molar-refractivity contribution is 6.11. The molecule has 9 heteroatoms. The van der Waals surface area contributed by atoms with Crippen LogP contribution in [0.15, 0.2) is 47.9 Å². The summed E-state index contributed by atoms with van der Waals surface area (Å²) in [6, 6.07) is 9.63. The molecule has 1 fully saturated rings. The Labute approximate surface area is 210 Å². The van der Waals surface area contributed by atoms with Gasteiger partial charge in [-0.2, -0.15) is 5.26 Å². The van der Waals surface area contributed by atoms with Gasteiger partial charge in [0.05, 0.1) is 31.0 Å². The van der Waals surface area contributed by atoms with E-state index in [-0.39, 0.29) is 11.8 Å². The van der Waals surface area contributed by atoms with Gasteiger partial charge in [-0.3, -0.25) is 14.7 Å². The predicted molar refractivity (Wildman–Crippen MR) is 142 cm³/mol. The van der Waals surface area contributed by atoms with Gasteiger partial charge in [-0.15, -0.1) is 0 Å². The summed E-state index contributed by atoms with van der Waals surface area (Å²) in [5.74, 6) is -0.310. The fourth-order valence-electron chi connectivity index (χ4n) is 3.99. The third-order valence-electron chi connectivity index (χ3n) is 6.16. The quantitative estimate of drug-likeness (QED) is 0.419. The van der Waals surface area contributed by atoms with Crippen LogP contribution in [-0.4, -0.2) is 66.4 Å². The lowest BCUT2D eigenvalue weighted by Gasteiger charge is -2.25. The smallest absolute Gasteiger partial charge is 0.226 e. The number of nitrogens with two attached hydrogens (primary N) is 1. The van der Waals surface area contributed by atoms with Gasteiger partial charge in [0, 0.05) is 72.4 Å². The van der Waals surface area contributed by atoms with E-state index in [0.29, 0.717) is 17.8 Å². The van der Waals surface area contributed by atoms with Gasteiger partial charge in [0.15, 0.2) is 0 Å². The number of aromatic nitrogens is 2. The molecule has 186 valence electrons. The Morgan fingerprint density at radius 3 is 2.89 bits per heavy atom. The summed E-state index contributed by atoms with van der Waals surface area (Å²) in [5.41, 5.74) is 10.9. The number of aliphatic imine (C=N–C) groups is 1. The zero-order chi connectivity index (χ0) is 25.5. The molecule has 0 atom stereocenters. The number of hydrogen-bond acceptors (Lipinski definition) is 7. The molecule has 2 aromatic heterocycles. The standard InChI is InChI=1S/C27H31N7O2/c1-18(2)27(35)33-25-4-3-19(11-20(25)13-28)24-17-32-26-23(24)12-21(16-31-26)22(14-29)15-30-5-6-34-7-9-36-10-8-34/h3-4,11-12,14-18H,5-10,29H2,1-2H3,(H,31,32)(H,33,35)/b22-14+,30-15?. The molecular weight excluding hydrogens is 454 g/mol. The zero-order valence-electron chi connectivity index (χ0n) is 20.6. The Bertz CT molecular complexity index is 1330. The summed E-state index contributed by atoms with van der Waals surface area (Å²) in [4.78, 5) is 26.8. The summed E-state index contributed by atoms with van der Waals surface area (Å²) < 4.78 is 5.38. The number of amides is 1. The van der Waals surface area contributed by atoms with Crippen molar-refractivity contribution in [2.24, 2.45) is 16.6 Å². The number of benzene rings is 1. The number of carbonyl (C=O) groups is 1. The van der Waals surface area contributed by atoms with Crippen molar-refractivity contribution in [3.63, 3.8) is 0 Å². The van der Waals surface area contributed by atoms with E-state index in [4.69, 9.17) is 10.5 Å². The summed E-state index contributed by atoms with van der Waals surface area (Å²) in [5, 5.41) is 13.4. The topological polar surface area (TPSA) is 132 Å². The van der Waals surface area contributed by atoms with Gasteiger partial charge in [-0.1, -0.05) is 19.9 Å². The Balaban J connectivity index is 1.55. The maximum Gasteiger partial charge on any atom is 0.226 e. The number of fused-ring (bicyclic) bond motifs is 1. The minimum atomic E-state index is -0.179. The predicted octanol–water partition coefficient (Wildman–Crippen LogP) is 3.40. The summed E-state index contributed by atoms with van der Waals surface area (Å²) >= 11 is 0. The van der Waals surface area contributed by atoms with Crippen LogP contribution in [0.2, 0.25) is 0 Å². The van der Waals surface area contributed by atoms with E-state index < -0.39 is 0 Å². The van der Waals surface area contributed by atoms with Crippen molar-refractivity contribution in [2.75, 3.05) is 44.7 Å². The number of anilines is 1. The van der Waals surface area contributed by atoms with E-state index in [0.717, 1.165) is 66.1 Å². The molecule has 3 heterocycles.